The van der Waals surface area contributed by atoms with Crippen LogP contribution in [0.2, 0.25) is 0 Å². The first-order valence-corrected chi connectivity index (χ1v) is 12.8. The van der Waals surface area contributed by atoms with Crippen LogP contribution in [0.5, 0.6) is 0 Å². The number of ether oxygens (including phenoxy) is 1. The maximum Gasteiger partial charge on any atom is 0.263 e. The van der Waals surface area contributed by atoms with E-state index in [0.29, 0.717) is 37.8 Å². The summed E-state index contributed by atoms with van der Waals surface area (Å²) in [4.78, 5) is 18.5. The van der Waals surface area contributed by atoms with Crippen LogP contribution in [0.1, 0.15) is 5.69 Å². The van der Waals surface area contributed by atoms with Crippen LogP contribution in [0.3, 0.4) is 0 Å². The van der Waals surface area contributed by atoms with Gasteiger partial charge in [0.2, 0.25) is 5.91 Å². The number of carbonyl (C=O) groups is 1. The van der Waals surface area contributed by atoms with Crippen LogP contribution < -0.4 is 4.72 Å². The Labute approximate surface area is 194 Å². The molecule has 1 aliphatic heterocycles. The number of furan rings is 1. The number of amides is 1. The van der Waals surface area contributed by atoms with E-state index in [1.165, 1.54) is 12.1 Å². The summed E-state index contributed by atoms with van der Waals surface area (Å²) in [6.45, 7) is 2.19. The number of aromatic nitrogens is 1. The van der Waals surface area contributed by atoms with Crippen molar-refractivity contribution in [1.82, 2.24) is 9.88 Å². The van der Waals surface area contributed by atoms with Gasteiger partial charge in [-0.1, -0.05) is 18.2 Å². The van der Waals surface area contributed by atoms with Crippen molar-refractivity contribution >= 4 is 43.4 Å². The number of fused-ring (bicyclic) bond motifs is 1. The minimum absolute atomic E-state index is 0.0424. The van der Waals surface area contributed by atoms with Crippen molar-refractivity contribution in [1.29, 1.82) is 0 Å². The van der Waals surface area contributed by atoms with Gasteiger partial charge in [0.25, 0.3) is 10.0 Å². The van der Waals surface area contributed by atoms with E-state index in [1.54, 1.807) is 22.4 Å². The van der Waals surface area contributed by atoms with Gasteiger partial charge in [-0.15, -0.1) is 11.3 Å². The highest BCUT2D eigenvalue weighted by atomic mass is 32.2. The minimum atomic E-state index is -3.82. The lowest BCUT2D eigenvalue weighted by Crippen LogP contribution is -2.41. The molecule has 0 saturated carbocycles. The number of hydrogen-bond acceptors (Lipinski definition) is 7. The van der Waals surface area contributed by atoms with Gasteiger partial charge in [-0.25, -0.2) is 13.4 Å². The highest BCUT2D eigenvalue weighted by molar-refractivity contribution is 7.93. The molecular formula is C23H21N3O5S2. The molecule has 3 heterocycles. The van der Waals surface area contributed by atoms with E-state index >= 15 is 0 Å². The molecule has 2 aromatic heterocycles. The van der Waals surface area contributed by atoms with Gasteiger partial charge >= 0.3 is 0 Å². The molecule has 170 valence electrons. The number of carbonyl (C=O) groups excluding carboxylic acids is 1. The van der Waals surface area contributed by atoms with Crippen LogP contribution in [-0.4, -0.2) is 50.5 Å². The lowest BCUT2D eigenvalue weighted by Gasteiger charge is -2.26. The number of thiazole rings is 1. The first-order chi connectivity index (χ1) is 16.0. The molecule has 0 radical (unpaired) electrons. The highest BCUT2D eigenvalue weighted by Gasteiger charge is 2.20. The van der Waals surface area contributed by atoms with Gasteiger partial charge in [-0.05, 0) is 36.4 Å². The fourth-order valence-electron chi connectivity index (χ4n) is 3.61. The molecule has 1 fully saturated rings. The highest BCUT2D eigenvalue weighted by Crippen LogP contribution is 2.29. The molecule has 2 aromatic carbocycles. The first-order valence-electron chi connectivity index (χ1n) is 10.4. The topological polar surface area (TPSA) is 102 Å². The molecule has 1 aliphatic rings. The Morgan fingerprint density at radius 2 is 1.85 bits per heavy atom. The van der Waals surface area contributed by atoms with Crippen LogP contribution in [0, 0.1) is 0 Å². The summed E-state index contributed by atoms with van der Waals surface area (Å²) in [5.41, 5.74) is 2.09. The number of sulfonamides is 1. The molecule has 1 saturated heterocycles. The predicted octanol–water partition coefficient (Wildman–Crippen LogP) is 3.76. The third-order valence-electron chi connectivity index (χ3n) is 5.34. The number of benzene rings is 2. The summed E-state index contributed by atoms with van der Waals surface area (Å²) in [5, 5.41) is 2.90. The second-order valence-electron chi connectivity index (χ2n) is 7.59. The molecular weight excluding hydrogens is 462 g/mol. The maximum absolute atomic E-state index is 12.8. The van der Waals surface area contributed by atoms with E-state index in [2.05, 4.69) is 9.71 Å². The molecule has 0 atom stereocenters. The van der Waals surface area contributed by atoms with Crippen LogP contribution in [0.15, 0.2) is 69.3 Å². The second kappa shape index (κ2) is 8.97. The fourth-order valence-corrected chi connectivity index (χ4v) is 5.57. The first kappa shape index (κ1) is 21.6. The average Bonchev–Trinajstić information content (AvgIpc) is 3.46. The average molecular weight is 484 g/mol. The SMILES string of the molecule is O=C(Cc1csc(NS(=O)(=O)c2ccc(-c3cc4ccccc4o3)cc2)n1)N1CCOCC1. The molecule has 8 nitrogen and oxygen atoms in total. The van der Waals surface area contributed by atoms with Gasteiger partial charge in [0.15, 0.2) is 5.13 Å². The third kappa shape index (κ3) is 4.77. The summed E-state index contributed by atoms with van der Waals surface area (Å²) in [6, 6.07) is 16.1. The monoisotopic (exact) mass is 483 g/mol. The van der Waals surface area contributed by atoms with Gasteiger partial charge in [-0.2, -0.15) is 0 Å². The second-order valence-corrected chi connectivity index (χ2v) is 10.1. The molecule has 0 bridgehead atoms. The zero-order valence-corrected chi connectivity index (χ0v) is 19.2. The summed E-state index contributed by atoms with van der Waals surface area (Å²) >= 11 is 1.15. The molecule has 0 spiro atoms. The Morgan fingerprint density at radius 1 is 1.09 bits per heavy atom. The fraction of sp³-hybridized carbons (Fsp3) is 0.217. The lowest BCUT2D eigenvalue weighted by molar-refractivity contribution is -0.134. The van der Waals surface area contributed by atoms with Gasteiger partial charge < -0.3 is 14.1 Å². The normalized spacial score (nSPS) is 14.5. The van der Waals surface area contributed by atoms with E-state index in [-0.39, 0.29) is 22.4 Å². The van der Waals surface area contributed by atoms with Crippen molar-refractivity contribution in [3.8, 4) is 11.3 Å². The largest absolute Gasteiger partial charge is 0.456 e. The summed E-state index contributed by atoms with van der Waals surface area (Å²) in [6.07, 6.45) is 0.129. The molecule has 4 aromatic rings. The molecule has 0 aliphatic carbocycles. The van der Waals surface area contributed by atoms with Crippen molar-refractivity contribution in [3.63, 3.8) is 0 Å². The number of hydrogen-bond donors (Lipinski definition) is 1. The third-order valence-corrected chi connectivity index (χ3v) is 7.63. The Bertz CT molecular complexity index is 1350. The summed E-state index contributed by atoms with van der Waals surface area (Å²) in [7, 11) is -3.82. The smallest absolute Gasteiger partial charge is 0.263 e. The lowest BCUT2D eigenvalue weighted by atomic mass is 10.1. The molecule has 33 heavy (non-hydrogen) atoms. The predicted molar refractivity (Wildman–Crippen MR) is 126 cm³/mol. The molecule has 0 unspecified atom stereocenters. The Balaban J connectivity index is 1.26. The zero-order valence-electron chi connectivity index (χ0n) is 17.6. The van der Waals surface area contributed by atoms with Crippen LogP contribution in [0.4, 0.5) is 5.13 Å². The Kier molecular flexibility index (Phi) is 5.88. The van der Waals surface area contributed by atoms with Gasteiger partial charge in [0.1, 0.15) is 11.3 Å². The Hall–Kier alpha value is -3.21. The van der Waals surface area contributed by atoms with Crippen LogP contribution in [0.25, 0.3) is 22.3 Å². The van der Waals surface area contributed by atoms with Crippen LogP contribution in [-0.2, 0) is 26.0 Å². The summed E-state index contributed by atoms with van der Waals surface area (Å²) < 4.78 is 39.2. The molecule has 5 rings (SSSR count). The number of rotatable bonds is 6. The number of para-hydroxylation sites is 1. The van der Waals surface area contributed by atoms with E-state index in [4.69, 9.17) is 9.15 Å². The van der Waals surface area contributed by atoms with Gasteiger partial charge in [-0.3, -0.25) is 9.52 Å². The van der Waals surface area contributed by atoms with Crippen molar-refractivity contribution in [3.05, 3.63) is 65.7 Å². The molecule has 1 amide bonds. The van der Waals surface area contributed by atoms with Gasteiger partial charge in [0.05, 0.1) is 30.2 Å². The Morgan fingerprint density at radius 3 is 2.61 bits per heavy atom. The van der Waals surface area contributed by atoms with Gasteiger partial charge in [0, 0.05) is 29.4 Å². The zero-order chi connectivity index (χ0) is 22.8. The maximum atomic E-state index is 12.8. The van der Waals surface area contributed by atoms with E-state index < -0.39 is 10.0 Å². The number of morpholine rings is 1. The van der Waals surface area contributed by atoms with Crippen molar-refractivity contribution in [2.24, 2.45) is 0 Å². The van der Waals surface area contributed by atoms with Crippen molar-refractivity contribution < 1.29 is 22.4 Å². The molecule has 1 N–H and O–H groups in total. The number of anilines is 1. The van der Waals surface area contributed by atoms with Crippen LogP contribution >= 0.6 is 11.3 Å². The standard InChI is InChI=1S/C23H21N3O5S2/c27-22(26-9-11-30-12-10-26)14-18-15-32-23(24-18)25-33(28,29)19-7-5-16(6-8-19)21-13-17-3-1-2-4-20(17)31-21/h1-8,13,15H,9-12,14H2,(H,24,25). The van der Waals surface area contributed by atoms with Crippen molar-refractivity contribution in [2.45, 2.75) is 11.3 Å². The molecule has 10 heteroatoms. The summed E-state index contributed by atoms with van der Waals surface area (Å²) in [5.74, 6) is 0.627. The number of nitrogens with one attached hydrogen (secondary N) is 1. The van der Waals surface area contributed by atoms with E-state index in [1.807, 2.05) is 30.3 Å². The quantitative estimate of drug-likeness (QED) is 0.448. The van der Waals surface area contributed by atoms with E-state index in [9.17, 15) is 13.2 Å². The number of nitrogens with zero attached hydrogens (tertiary/aromatic N) is 2. The van der Waals surface area contributed by atoms with Crippen molar-refractivity contribution in [2.75, 3.05) is 31.0 Å². The van der Waals surface area contributed by atoms with E-state index in [0.717, 1.165) is 27.9 Å². The minimum Gasteiger partial charge on any atom is -0.456 e.